The molecular weight excluding hydrogens is 276 g/mol. The quantitative estimate of drug-likeness (QED) is 0.927. The summed E-state index contributed by atoms with van der Waals surface area (Å²) in [6.07, 6.45) is 2.16. The third-order valence-electron chi connectivity index (χ3n) is 3.85. The van der Waals surface area contributed by atoms with E-state index >= 15 is 0 Å². The molecule has 110 valence electrons. The Hall–Kier alpha value is -1.26. The maximum atomic E-state index is 12.3. The second kappa shape index (κ2) is 6.95. The summed E-state index contributed by atoms with van der Waals surface area (Å²) in [6.45, 7) is 3.48. The molecule has 0 aromatic heterocycles. The summed E-state index contributed by atoms with van der Waals surface area (Å²) in [7, 11) is 0. The number of hydrogen-bond acceptors (Lipinski definition) is 3. The van der Waals surface area contributed by atoms with Gasteiger partial charge in [0.1, 0.15) is 5.75 Å². The minimum atomic E-state index is 0.00181. The van der Waals surface area contributed by atoms with Gasteiger partial charge in [-0.3, -0.25) is 4.79 Å². The van der Waals surface area contributed by atoms with E-state index in [1.807, 2.05) is 4.90 Å². The maximum absolute atomic E-state index is 12.3. The number of rotatable bonds is 4. The first kappa shape index (κ1) is 15.1. The summed E-state index contributed by atoms with van der Waals surface area (Å²) in [5.74, 6) is 1.10. The Kier molecular flexibility index (Phi) is 5.26. The average molecular weight is 297 g/mol. The van der Waals surface area contributed by atoms with Crippen molar-refractivity contribution in [3.8, 4) is 5.75 Å². The van der Waals surface area contributed by atoms with Crippen LogP contribution in [0.15, 0.2) is 24.3 Å². The number of nitrogens with zero attached hydrogens (tertiary/aromatic N) is 1. The number of benzene rings is 1. The van der Waals surface area contributed by atoms with Crippen LogP contribution in [-0.4, -0.2) is 36.5 Å². The first-order chi connectivity index (χ1) is 9.61. The van der Waals surface area contributed by atoms with Crippen molar-refractivity contribution >= 4 is 17.5 Å². The molecule has 0 aliphatic carbocycles. The van der Waals surface area contributed by atoms with Crippen LogP contribution in [0.3, 0.4) is 0 Å². The molecule has 1 fully saturated rings. The Bertz CT molecular complexity index is 450. The van der Waals surface area contributed by atoms with Gasteiger partial charge in [0, 0.05) is 24.2 Å². The lowest BCUT2D eigenvalue weighted by molar-refractivity contribution is -0.138. The van der Waals surface area contributed by atoms with Crippen molar-refractivity contribution in [2.24, 2.45) is 11.7 Å². The van der Waals surface area contributed by atoms with Gasteiger partial charge >= 0.3 is 0 Å². The van der Waals surface area contributed by atoms with Crippen LogP contribution in [0.2, 0.25) is 5.02 Å². The highest BCUT2D eigenvalue weighted by molar-refractivity contribution is 6.30. The van der Waals surface area contributed by atoms with Crippen molar-refractivity contribution in [1.29, 1.82) is 0 Å². The molecule has 1 aromatic rings. The summed E-state index contributed by atoms with van der Waals surface area (Å²) in [4.78, 5) is 14.1. The summed E-state index contributed by atoms with van der Waals surface area (Å²) in [5.41, 5.74) is 5.80. The molecule has 0 saturated carbocycles. The molecule has 0 spiro atoms. The van der Waals surface area contributed by atoms with E-state index in [0.717, 1.165) is 19.4 Å². The van der Waals surface area contributed by atoms with E-state index in [4.69, 9.17) is 22.1 Å². The van der Waals surface area contributed by atoms with Gasteiger partial charge in [0.25, 0.3) is 5.91 Å². The van der Waals surface area contributed by atoms with E-state index in [0.29, 0.717) is 23.2 Å². The summed E-state index contributed by atoms with van der Waals surface area (Å²) in [5, 5.41) is 0.650. The Labute approximate surface area is 124 Å². The van der Waals surface area contributed by atoms with E-state index in [2.05, 4.69) is 6.92 Å². The molecule has 1 aliphatic rings. The Balaban J connectivity index is 1.92. The average Bonchev–Trinajstić information content (AvgIpc) is 2.46. The van der Waals surface area contributed by atoms with Crippen LogP contribution in [0, 0.1) is 5.92 Å². The highest BCUT2D eigenvalue weighted by Crippen LogP contribution is 2.23. The summed E-state index contributed by atoms with van der Waals surface area (Å²) in [6, 6.07) is 7.13. The number of halogens is 1. The molecule has 1 saturated heterocycles. The highest BCUT2D eigenvalue weighted by atomic mass is 35.5. The SMILES string of the molecule is CC1CCCN(C(=O)COc2ccc(Cl)cc2)C1CN. The molecule has 1 aliphatic heterocycles. The lowest BCUT2D eigenvalue weighted by Crippen LogP contribution is -2.52. The number of nitrogens with two attached hydrogens (primary N) is 1. The van der Waals surface area contributed by atoms with Crippen LogP contribution in [-0.2, 0) is 4.79 Å². The van der Waals surface area contributed by atoms with Crippen molar-refractivity contribution in [3.63, 3.8) is 0 Å². The number of amides is 1. The zero-order valence-corrected chi connectivity index (χ0v) is 12.5. The predicted molar refractivity (Wildman–Crippen MR) is 79.9 cm³/mol. The molecule has 2 rings (SSSR count). The number of ether oxygens (including phenoxy) is 1. The van der Waals surface area contributed by atoms with Crippen LogP contribution in [0.25, 0.3) is 0 Å². The second-order valence-corrected chi connectivity index (χ2v) is 5.69. The topological polar surface area (TPSA) is 55.6 Å². The predicted octanol–water partition coefficient (Wildman–Crippen LogP) is 2.30. The molecule has 0 bridgehead atoms. The van der Waals surface area contributed by atoms with Crippen LogP contribution in [0.5, 0.6) is 5.75 Å². The number of hydrogen-bond donors (Lipinski definition) is 1. The standard InChI is InChI=1S/C15H21ClN2O2/c1-11-3-2-8-18(14(11)9-17)15(19)10-20-13-6-4-12(16)5-7-13/h4-7,11,14H,2-3,8-10,17H2,1H3. The molecule has 20 heavy (non-hydrogen) atoms. The Morgan fingerprint density at radius 2 is 2.15 bits per heavy atom. The molecular formula is C15H21ClN2O2. The third-order valence-corrected chi connectivity index (χ3v) is 4.11. The van der Waals surface area contributed by atoms with Gasteiger partial charge in [-0.15, -0.1) is 0 Å². The molecule has 2 N–H and O–H groups in total. The van der Waals surface area contributed by atoms with Gasteiger partial charge < -0.3 is 15.4 Å². The lowest BCUT2D eigenvalue weighted by Gasteiger charge is -2.39. The van der Waals surface area contributed by atoms with Gasteiger partial charge in [0.15, 0.2) is 6.61 Å². The van der Waals surface area contributed by atoms with E-state index in [1.54, 1.807) is 24.3 Å². The number of piperidine rings is 1. The van der Waals surface area contributed by atoms with Crippen LogP contribution in [0.4, 0.5) is 0 Å². The molecule has 1 heterocycles. The van der Waals surface area contributed by atoms with Crippen molar-refractivity contribution in [2.45, 2.75) is 25.8 Å². The van der Waals surface area contributed by atoms with Gasteiger partial charge in [-0.05, 0) is 43.0 Å². The molecule has 2 unspecified atom stereocenters. The number of carbonyl (C=O) groups is 1. The minimum Gasteiger partial charge on any atom is -0.484 e. The molecule has 1 amide bonds. The van der Waals surface area contributed by atoms with Crippen molar-refractivity contribution in [1.82, 2.24) is 4.90 Å². The molecule has 0 radical (unpaired) electrons. The lowest BCUT2D eigenvalue weighted by atomic mass is 9.91. The third kappa shape index (κ3) is 3.64. The summed E-state index contributed by atoms with van der Waals surface area (Å²) < 4.78 is 5.51. The first-order valence-electron chi connectivity index (χ1n) is 6.99. The largest absolute Gasteiger partial charge is 0.484 e. The molecule has 5 heteroatoms. The molecule has 2 atom stereocenters. The maximum Gasteiger partial charge on any atom is 0.260 e. The number of likely N-dealkylation sites (tertiary alicyclic amines) is 1. The smallest absolute Gasteiger partial charge is 0.260 e. The van der Waals surface area contributed by atoms with Gasteiger partial charge in [-0.2, -0.15) is 0 Å². The zero-order chi connectivity index (χ0) is 14.5. The Morgan fingerprint density at radius 3 is 2.80 bits per heavy atom. The van der Waals surface area contributed by atoms with Gasteiger partial charge in [0.2, 0.25) is 0 Å². The fourth-order valence-corrected chi connectivity index (χ4v) is 2.80. The normalized spacial score (nSPS) is 22.6. The van der Waals surface area contributed by atoms with E-state index < -0.39 is 0 Å². The van der Waals surface area contributed by atoms with Crippen molar-refractivity contribution in [2.75, 3.05) is 19.7 Å². The fourth-order valence-electron chi connectivity index (χ4n) is 2.68. The van der Waals surface area contributed by atoms with Crippen molar-refractivity contribution < 1.29 is 9.53 Å². The minimum absolute atomic E-state index is 0.00181. The number of carbonyl (C=O) groups excluding carboxylic acids is 1. The van der Waals surface area contributed by atoms with Crippen molar-refractivity contribution in [3.05, 3.63) is 29.3 Å². The van der Waals surface area contributed by atoms with E-state index in [-0.39, 0.29) is 18.6 Å². The monoisotopic (exact) mass is 296 g/mol. The van der Waals surface area contributed by atoms with Gasteiger partial charge in [-0.25, -0.2) is 0 Å². The zero-order valence-electron chi connectivity index (χ0n) is 11.7. The van der Waals surface area contributed by atoms with E-state index in [9.17, 15) is 4.79 Å². The second-order valence-electron chi connectivity index (χ2n) is 5.25. The van der Waals surface area contributed by atoms with Crippen LogP contribution in [0.1, 0.15) is 19.8 Å². The van der Waals surface area contributed by atoms with Crippen LogP contribution >= 0.6 is 11.6 Å². The fraction of sp³-hybridized carbons (Fsp3) is 0.533. The van der Waals surface area contributed by atoms with Gasteiger partial charge in [-0.1, -0.05) is 18.5 Å². The summed E-state index contributed by atoms with van der Waals surface area (Å²) >= 11 is 5.81. The van der Waals surface area contributed by atoms with Crippen LogP contribution < -0.4 is 10.5 Å². The molecule has 1 aromatic carbocycles. The Morgan fingerprint density at radius 1 is 1.45 bits per heavy atom. The molecule has 4 nitrogen and oxygen atoms in total. The van der Waals surface area contributed by atoms with E-state index in [1.165, 1.54) is 0 Å². The van der Waals surface area contributed by atoms with Gasteiger partial charge in [0.05, 0.1) is 0 Å². The highest BCUT2D eigenvalue weighted by Gasteiger charge is 2.30. The first-order valence-corrected chi connectivity index (χ1v) is 7.37.